The number of carbonyl (C=O) groups is 6. The molecule has 0 radical (unpaired) electrons. The van der Waals surface area contributed by atoms with Crippen LogP contribution in [0.1, 0.15) is 134 Å². The van der Waals surface area contributed by atoms with Gasteiger partial charge in [-0.3, -0.25) is 28.8 Å². The van der Waals surface area contributed by atoms with Crippen molar-refractivity contribution in [3.8, 4) is 5.75 Å². The molecule has 4 saturated carbocycles. The number of hydrogen-bond donors (Lipinski definition) is 2. The SMILES string of the molecule is CC(=O)C1C(=O)C(C(C)C)[C@@]2(C)[C@H](CC(=O)C3CCCCC3)[C@]3(C)C(C(=O)c4c(O)cccc4[C@H]3CCC3CCCC3)C(=O)[C@@]2(O)C1=O. The summed E-state index contributed by atoms with van der Waals surface area (Å²) < 4.78 is 0. The van der Waals surface area contributed by atoms with Crippen molar-refractivity contribution in [2.24, 2.45) is 52.3 Å². The summed E-state index contributed by atoms with van der Waals surface area (Å²) in [7, 11) is 0. The Kier molecular flexibility index (Phi) is 9.00. The highest BCUT2D eigenvalue weighted by molar-refractivity contribution is 6.32. The number of aromatic hydroxyl groups is 1. The lowest BCUT2D eigenvalue weighted by Crippen LogP contribution is -2.80. The van der Waals surface area contributed by atoms with Crippen LogP contribution >= 0.6 is 0 Å². The highest BCUT2D eigenvalue weighted by Crippen LogP contribution is 2.71. The van der Waals surface area contributed by atoms with Crippen LogP contribution in [0.25, 0.3) is 0 Å². The van der Waals surface area contributed by atoms with E-state index in [0.29, 0.717) is 17.9 Å². The lowest BCUT2D eigenvalue weighted by molar-refractivity contribution is -0.226. The highest BCUT2D eigenvalue weighted by Gasteiger charge is 2.80. The second kappa shape index (κ2) is 12.4. The summed E-state index contributed by atoms with van der Waals surface area (Å²) in [5.74, 6) is -10.7. The van der Waals surface area contributed by atoms with E-state index in [1.54, 1.807) is 26.8 Å². The second-order valence-electron chi connectivity index (χ2n) is 16.6. The monoisotopic (exact) mass is 660 g/mol. The van der Waals surface area contributed by atoms with Crippen molar-refractivity contribution in [2.45, 2.75) is 123 Å². The summed E-state index contributed by atoms with van der Waals surface area (Å²) in [5, 5.41) is 24.0. The van der Waals surface area contributed by atoms with Gasteiger partial charge in [-0.2, -0.15) is 0 Å². The van der Waals surface area contributed by atoms with E-state index < -0.39 is 80.9 Å². The Labute approximate surface area is 283 Å². The van der Waals surface area contributed by atoms with Gasteiger partial charge in [0, 0.05) is 23.7 Å². The topological polar surface area (TPSA) is 143 Å². The average molecular weight is 661 g/mol. The lowest BCUT2D eigenvalue weighted by Gasteiger charge is -2.67. The Morgan fingerprint density at radius 3 is 2.12 bits per heavy atom. The maximum absolute atomic E-state index is 15.2. The van der Waals surface area contributed by atoms with E-state index in [-0.39, 0.29) is 29.4 Å². The highest BCUT2D eigenvalue weighted by atomic mass is 16.3. The predicted octanol–water partition coefficient (Wildman–Crippen LogP) is 6.37. The molecular formula is C40H52O8. The minimum atomic E-state index is -2.86. The van der Waals surface area contributed by atoms with Crippen LogP contribution < -0.4 is 0 Å². The van der Waals surface area contributed by atoms with Gasteiger partial charge < -0.3 is 10.2 Å². The van der Waals surface area contributed by atoms with E-state index in [9.17, 15) is 34.2 Å². The molecule has 260 valence electrons. The number of ketones is 6. The molecule has 1 aromatic carbocycles. The van der Waals surface area contributed by atoms with Crippen molar-refractivity contribution >= 4 is 34.7 Å². The van der Waals surface area contributed by atoms with Gasteiger partial charge in [0.25, 0.3) is 0 Å². The summed E-state index contributed by atoms with van der Waals surface area (Å²) in [6.45, 7) is 8.17. The fraction of sp³-hybridized carbons (Fsp3) is 0.700. The molecule has 0 amide bonds. The van der Waals surface area contributed by atoms with Crippen molar-refractivity contribution in [1.29, 1.82) is 0 Å². The zero-order valence-corrected chi connectivity index (χ0v) is 29.2. The molecule has 5 aliphatic carbocycles. The molecule has 0 heterocycles. The van der Waals surface area contributed by atoms with Crippen LogP contribution in [0.2, 0.25) is 0 Å². The van der Waals surface area contributed by atoms with Gasteiger partial charge in [0.2, 0.25) is 0 Å². The normalized spacial score (nSPS) is 37.4. The fourth-order valence-electron chi connectivity index (χ4n) is 11.7. The molecule has 0 bridgehead atoms. The molecule has 1 aromatic rings. The first-order valence-corrected chi connectivity index (χ1v) is 18.4. The van der Waals surface area contributed by atoms with Crippen LogP contribution in [0.3, 0.4) is 0 Å². The van der Waals surface area contributed by atoms with Gasteiger partial charge in [0.05, 0.1) is 11.5 Å². The molecule has 8 atom stereocenters. The summed E-state index contributed by atoms with van der Waals surface area (Å²) in [6.07, 6.45) is 10.1. The first-order chi connectivity index (χ1) is 22.6. The summed E-state index contributed by atoms with van der Waals surface area (Å²) in [4.78, 5) is 86.1. The fourth-order valence-corrected chi connectivity index (χ4v) is 11.7. The number of Topliss-reactive ketones (excluding diaryl/α,β-unsaturated/α-hetero) is 6. The summed E-state index contributed by atoms with van der Waals surface area (Å²) in [6, 6.07) is 4.93. The van der Waals surface area contributed by atoms with E-state index in [1.165, 1.54) is 6.07 Å². The van der Waals surface area contributed by atoms with E-state index in [2.05, 4.69) is 0 Å². The van der Waals surface area contributed by atoms with Crippen LogP contribution in [-0.2, 0) is 24.0 Å². The molecule has 0 aliphatic heterocycles. The van der Waals surface area contributed by atoms with E-state index in [0.717, 1.165) is 71.1 Å². The van der Waals surface area contributed by atoms with Crippen LogP contribution in [0.5, 0.6) is 5.75 Å². The Morgan fingerprint density at radius 2 is 1.52 bits per heavy atom. The first kappa shape index (κ1) is 34.8. The molecule has 5 aliphatic rings. The number of phenols is 1. The number of fused-ring (bicyclic) bond motifs is 3. The van der Waals surface area contributed by atoms with Crippen molar-refractivity contribution in [3.63, 3.8) is 0 Å². The largest absolute Gasteiger partial charge is 0.507 e. The van der Waals surface area contributed by atoms with Crippen molar-refractivity contribution < 1.29 is 39.0 Å². The molecule has 8 nitrogen and oxygen atoms in total. The Balaban J connectivity index is 1.63. The summed E-state index contributed by atoms with van der Waals surface area (Å²) >= 11 is 0. The third kappa shape index (κ3) is 4.78. The first-order valence-electron chi connectivity index (χ1n) is 18.4. The van der Waals surface area contributed by atoms with Crippen LogP contribution in [0.15, 0.2) is 18.2 Å². The van der Waals surface area contributed by atoms with E-state index >= 15 is 4.79 Å². The Hall–Kier alpha value is -3.00. The van der Waals surface area contributed by atoms with Gasteiger partial charge >= 0.3 is 0 Å². The van der Waals surface area contributed by atoms with Crippen molar-refractivity contribution in [1.82, 2.24) is 0 Å². The predicted molar refractivity (Wildman–Crippen MR) is 178 cm³/mol. The van der Waals surface area contributed by atoms with Gasteiger partial charge in [-0.15, -0.1) is 0 Å². The maximum atomic E-state index is 15.2. The molecule has 0 aromatic heterocycles. The molecule has 8 heteroatoms. The third-order valence-electron chi connectivity index (χ3n) is 13.9. The minimum Gasteiger partial charge on any atom is -0.507 e. The molecule has 4 fully saturated rings. The molecule has 0 spiro atoms. The van der Waals surface area contributed by atoms with Gasteiger partial charge in [-0.1, -0.05) is 84.8 Å². The number of benzene rings is 1. The molecule has 6 rings (SSSR count). The molecule has 3 unspecified atom stereocenters. The number of rotatable bonds is 8. The van der Waals surface area contributed by atoms with Crippen molar-refractivity contribution in [2.75, 3.05) is 0 Å². The standard InChI is InChI=1S/C40H52O8/c1-21(2)32-34(44)30(22(3)41)36(46)40(48)37(47)33-35(45)31-25(16-11-17-27(31)42)26(19-18-23-12-9-10-13-23)38(33,4)29(39(32,40)5)20-28(43)24-14-7-6-8-15-24/h11,16-17,21,23-24,26,29-30,32-33,42,48H,6-10,12-15,18-20H2,1-5H3/t26-,29-,30?,32?,33?,38-,39-,40+/m1/s1. The third-order valence-corrected chi connectivity index (χ3v) is 13.9. The van der Waals surface area contributed by atoms with Gasteiger partial charge in [-0.25, -0.2) is 0 Å². The van der Waals surface area contributed by atoms with Gasteiger partial charge in [-0.05, 0) is 73.3 Å². The lowest BCUT2D eigenvalue weighted by atomic mass is 9.33. The molecular weight excluding hydrogens is 608 g/mol. The quantitative estimate of drug-likeness (QED) is 0.306. The molecule has 48 heavy (non-hydrogen) atoms. The van der Waals surface area contributed by atoms with E-state index in [4.69, 9.17) is 0 Å². The molecule has 0 saturated heterocycles. The average Bonchev–Trinajstić information content (AvgIpc) is 3.55. The number of phenolic OH excluding ortho intramolecular Hbond substituents is 1. The molecule has 2 N–H and O–H groups in total. The van der Waals surface area contributed by atoms with Gasteiger partial charge in [0.1, 0.15) is 23.2 Å². The number of hydrogen-bond acceptors (Lipinski definition) is 8. The Bertz CT molecular complexity index is 1550. The smallest absolute Gasteiger partial charge is 0.190 e. The van der Waals surface area contributed by atoms with E-state index in [1.807, 2.05) is 13.0 Å². The zero-order valence-electron chi connectivity index (χ0n) is 29.2. The van der Waals surface area contributed by atoms with Gasteiger partial charge in [0.15, 0.2) is 28.7 Å². The van der Waals surface area contributed by atoms with Crippen LogP contribution in [0, 0.1) is 52.3 Å². The van der Waals surface area contributed by atoms with Crippen LogP contribution in [-0.4, -0.2) is 50.5 Å². The van der Waals surface area contributed by atoms with Crippen LogP contribution in [0.4, 0.5) is 0 Å². The second-order valence-corrected chi connectivity index (χ2v) is 16.6. The minimum absolute atomic E-state index is 0.0252. The Morgan fingerprint density at radius 1 is 0.896 bits per heavy atom. The summed E-state index contributed by atoms with van der Waals surface area (Å²) in [5.41, 5.74) is -5.26. The van der Waals surface area contributed by atoms with Crippen molar-refractivity contribution in [3.05, 3.63) is 29.3 Å². The maximum Gasteiger partial charge on any atom is 0.190 e. The number of aliphatic hydroxyl groups is 1. The number of carbonyl (C=O) groups excluding carboxylic acids is 6. The zero-order chi connectivity index (χ0) is 34.9.